The Balaban J connectivity index is 1.41. The van der Waals surface area contributed by atoms with Crippen LogP contribution in [0.25, 0.3) is 17.1 Å². The number of aryl methyl sites for hydroxylation is 1. The average Bonchev–Trinajstić information content (AvgIpc) is 3.20. The fourth-order valence-electron chi connectivity index (χ4n) is 3.32. The molecule has 31 heavy (non-hydrogen) atoms. The van der Waals surface area contributed by atoms with Crippen molar-refractivity contribution in [3.8, 4) is 0 Å². The summed E-state index contributed by atoms with van der Waals surface area (Å²) in [6.45, 7) is 3.28. The molecule has 0 saturated carbocycles. The Hall–Kier alpha value is -4.00. The molecule has 0 saturated heterocycles. The molecule has 0 spiro atoms. The molecule has 0 atom stereocenters. The van der Waals surface area contributed by atoms with E-state index >= 15 is 0 Å². The number of fused-ring (bicyclic) bond motifs is 1. The molecule has 0 aliphatic carbocycles. The van der Waals surface area contributed by atoms with Crippen LogP contribution in [0.1, 0.15) is 16.7 Å². The Morgan fingerprint density at radius 3 is 2.68 bits per heavy atom. The number of nitrogens with zero attached hydrogens (tertiary/aromatic N) is 4. The highest BCUT2D eigenvalue weighted by Gasteiger charge is 2.11. The predicted molar refractivity (Wildman–Crippen MR) is 121 cm³/mol. The highest BCUT2D eigenvalue weighted by Crippen LogP contribution is 2.10. The van der Waals surface area contributed by atoms with Crippen LogP contribution in [-0.4, -0.2) is 31.8 Å². The van der Waals surface area contributed by atoms with Crippen molar-refractivity contribution >= 4 is 23.0 Å². The van der Waals surface area contributed by atoms with Gasteiger partial charge in [-0.25, -0.2) is 9.67 Å². The van der Waals surface area contributed by atoms with Gasteiger partial charge in [0.15, 0.2) is 5.65 Å². The summed E-state index contributed by atoms with van der Waals surface area (Å²) in [4.78, 5) is 29.3. The zero-order chi connectivity index (χ0) is 21.6. The van der Waals surface area contributed by atoms with E-state index in [1.807, 2.05) is 61.5 Å². The number of rotatable bonds is 7. The maximum atomic E-state index is 12.9. The Morgan fingerprint density at radius 1 is 1.10 bits per heavy atom. The van der Waals surface area contributed by atoms with Crippen molar-refractivity contribution in [3.05, 3.63) is 100 Å². The van der Waals surface area contributed by atoms with Crippen LogP contribution in [-0.2, 0) is 17.9 Å². The number of carbonyl (C=O) groups excluding carboxylic acids is 1. The fourth-order valence-corrected chi connectivity index (χ4v) is 3.32. The zero-order valence-corrected chi connectivity index (χ0v) is 17.2. The number of hydrogen-bond acceptors (Lipinski definition) is 4. The van der Waals surface area contributed by atoms with E-state index in [4.69, 9.17) is 0 Å². The summed E-state index contributed by atoms with van der Waals surface area (Å²) in [7, 11) is 0. The van der Waals surface area contributed by atoms with Crippen molar-refractivity contribution in [1.29, 1.82) is 0 Å². The first kappa shape index (κ1) is 20.3. The molecule has 7 nitrogen and oxygen atoms in total. The third-order valence-electron chi connectivity index (χ3n) is 5.07. The lowest BCUT2D eigenvalue weighted by Crippen LogP contribution is -2.26. The van der Waals surface area contributed by atoms with Crippen molar-refractivity contribution in [2.75, 3.05) is 6.54 Å². The molecule has 0 fully saturated rings. The maximum Gasteiger partial charge on any atom is 0.264 e. The van der Waals surface area contributed by atoms with Crippen LogP contribution in [0.15, 0.2) is 78.0 Å². The van der Waals surface area contributed by atoms with Crippen molar-refractivity contribution < 1.29 is 4.79 Å². The van der Waals surface area contributed by atoms with E-state index in [0.717, 1.165) is 16.7 Å². The summed E-state index contributed by atoms with van der Waals surface area (Å²) in [6, 6.07) is 17.6. The zero-order valence-electron chi connectivity index (χ0n) is 17.2. The third kappa shape index (κ3) is 4.78. The van der Waals surface area contributed by atoms with Crippen LogP contribution in [0.5, 0.6) is 0 Å². The van der Waals surface area contributed by atoms with E-state index in [0.29, 0.717) is 30.7 Å². The van der Waals surface area contributed by atoms with Gasteiger partial charge in [-0.2, -0.15) is 5.10 Å². The normalized spacial score (nSPS) is 11.3. The molecular formula is C24H23N5O2. The molecule has 1 N–H and O–H groups in total. The van der Waals surface area contributed by atoms with Gasteiger partial charge in [0.1, 0.15) is 11.7 Å². The van der Waals surface area contributed by atoms with E-state index in [-0.39, 0.29) is 11.5 Å². The highest BCUT2D eigenvalue weighted by molar-refractivity contribution is 5.91. The summed E-state index contributed by atoms with van der Waals surface area (Å²) < 4.78 is 3.23. The minimum atomic E-state index is -0.186. The highest BCUT2D eigenvalue weighted by atomic mass is 16.1. The summed E-state index contributed by atoms with van der Waals surface area (Å²) in [5, 5.41) is 7.57. The van der Waals surface area contributed by atoms with Crippen molar-refractivity contribution in [2.24, 2.45) is 0 Å². The summed E-state index contributed by atoms with van der Waals surface area (Å²) in [5.41, 5.74) is 3.54. The van der Waals surface area contributed by atoms with Gasteiger partial charge in [0.25, 0.3) is 5.56 Å². The molecule has 1 amide bonds. The molecule has 4 aromatic rings. The van der Waals surface area contributed by atoms with Gasteiger partial charge in [-0.3, -0.25) is 14.2 Å². The molecule has 156 valence electrons. The summed E-state index contributed by atoms with van der Waals surface area (Å²) in [6.07, 6.45) is 6.35. The topological polar surface area (TPSA) is 81.8 Å². The monoisotopic (exact) mass is 413 g/mol. The first-order chi connectivity index (χ1) is 15.1. The Labute approximate surface area is 179 Å². The largest absolute Gasteiger partial charge is 0.351 e. The molecule has 7 heteroatoms. The smallest absolute Gasteiger partial charge is 0.264 e. The minimum absolute atomic E-state index is 0.130. The first-order valence-corrected chi connectivity index (χ1v) is 10.1. The molecular weight excluding hydrogens is 390 g/mol. The number of nitrogens with one attached hydrogen (secondary N) is 1. The SMILES string of the molecule is Cc1ccccc1Cn1cnc2c(cnn2CCNC(=O)/C=C\c2ccccc2)c1=O. The lowest BCUT2D eigenvalue weighted by Gasteiger charge is -2.08. The van der Waals surface area contributed by atoms with E-state index < -0.39 is 0 Å². The molecule has 0 unspecified atom stereocenters. The first-order valence-electron chi connectivity index (χ1n) is 10.1. The van der Waals surface area contributed by atoms with Gasteiger partial charge in [-0.15, -0.1) is 0 Å². The minimum Gasteiger partial charge on any atom is -0.351 e. The van der Waals surface area contributed by atoms with Crippen molar-refractivity contribution in [3.63, 3.8) is 0 Å². The van der Waals surface area contributed by atoms with Crippen LogP contribution in [0, 0.1) is 6.92 Å². The maximum absolute atomic E-state index is 12.9. The van der Waals surface area contributed by atoms with Gasteiger partial charge in [0.2, 0.25) is 5.91 Å². The lowest BCUT2D eigenvalue weighted by atomic mass is 10.1. The van der Waals surface area contributed by atoms with E-state index in [9.17, 15) is 9.59 Å². The average molecular weight is 413 g/mol. The molecule has 2 aromatic carbocycles. The Kier molecular flexibility index (Phi) is 6.03. The summed E-state index contributed by atoms with van der Waals surface area (Å²) >= 11 is 0. The van der Waals surface area contributed by atoms with Gasteiger partial charge < -0.3 is 5.32 Å². The van der Waals surface area contributed by atoms with Gasteiger partial charge in [-0.1, -0.05) is 54.6 Å². The third-order valence-corrected chi connectivity index (χ3v) is 5.07. The van der Waals surface area contributed by atoms with E-state index in [1.54, 1.807) is 21.7 Å². The molecule has 2 heterocycles. The molecule has 0 aliphatic rings. The number of amides is 1. The number of aromatic nitrogens is 4. The van der Waals surface area contributed by atoms with Crippen molar-refractivity contribution in [1.82, 2.24) is 24.6 Å². The Bertz CT molecular complexity index is 1290. The van der Waals surface area contributed by atoms with E-state index in [2.05, 4.69) is 15.4 Å². The lowest BCUT2D eigenvalue weighted by molar-refractivity contribution is -0.116. The molecule has 4 rings (SSSR count). The quantitative estimate of drug-likeness (QED) is 0.473. The second kappa shape index (κ2) is 9.21. The van der Waals surface area contributed by atoms with Gasteiger partial charge in [0.05, 0.1) is 19.3 Å². The number of benzene rings is 2. The van der Waals surface area contributed by atoms with Gasteiger partial charge in [-0.05, 0) is 29.7 Å². The molecule has 2 aromatic heterocycles. The Morgan fingerprint density at radius 2 is 1.87 bits per heavy atom. The van der Waals surface area contributed by atoms with Crippen LogP contribution in [0.3, 0.4) is 0 Å². The molecule has 0 aliphatic heterocycles. The standard InChI is InChI=1S/C24H23N5O2/c1-18-7-5-6-10-20(18)16-28-17-26-23-21(24(28)31)15-27-29(23)14-13-25-22(30)12-11-19-8-3-2-4-9-19/h2-12,15,17H,13-14,16H2,1H3,(H,25,30)/b12-11-. The fraction of sp³-hybridized carbons (Fsp3) is 0.167. The van der Waals surface area contributed by atoms with Crippen LogP contribution < -0.4 is 10.9 Å². The second-order valence-electron chi connectivity index (χ2n) is 7.24. The van der Waals surface area contributed by atoms with Crippen LogP contribution in [0.4, 0.5) is 0 Å². The summed E-state index contributed by atoms with van der Waals surface area (Å²) in [5.74, 6) is -0.186. The number of hydrogen-bond donors (Lipinski definition) is 1. The number of carbonyl (C=O) groups is 1. The van der Waals surface area contributed by atoms with Gasteiger partial charge >= 0.3 is 0 Å². The predicted octanol–water partition coefficient (Wildman–Crippen LogP) is 2.78. The second-order valence-corrected chi connectivity index (χ2v) is 7.24. The van der Waals surface area contributed by atoms with Gasteiger partial charge in [0, 0.05) is 12.6 Å². The van der Waals surface area contributed by atoms with Crippen LogP contribution >= 0.6 is 0 Å². The van der Waals surface area contributed by atoms with Crippen LogP contribution in [0.2, 0.25) is 0 Å². The molecule has 0 bridgehead atoms. The van der Waals surface area contributed by atoms with E-state index in [1.165, 1.54) is 12.3 Å². The van der Waals surface area contributed by atoms with Crippen molar-refractivity contribution in [2.45, 2.75) is 20.0 Å². The molecule has 0 radical (unpaired) electrons.